The van der Waals surface area contributed by atoms with Crippen molar-refractivity contribution in [1.82, 2.24) is 9.99 Å². The number of anilines is 1. The first-order chi connectivity index (χ1) is 13.7. The minimum Gasteiger partial charge on any atom is -0.398 e. The molecule has 0 aliphatic rings. The van der Waals surface area contributed by atoms with Gasteiger partial charge in [0, 0.05) is 28.3 Å². The summed E-state index contributed by atoms with van der Waals surface area (Å²) in [5, 5.41) is 3.95. The fourth-order valence-corrected chi connectivity index (χ4v) is 3.06. The Morgan fingerprint density at radius 1 is 1.10 bits per heavy atom. The normalized spacial score (nSPS) is 11.8. The number of nitrogen functional groups attached to an aromatic ring is 1. The van der Waals surface area contributed by atoms with Crippen LogP contribution < -0.4 is 11.2 Å². The number of nitrogens with two attached hydrogens (primary N) is 1. The highest BCUT2D eigenvalue weighted by Crippen LogP contribution is 2.31. The third-order valence-electron chi connectivity index (χ3n) is 4.48. The van der Waals surface area contributed by atoms with E-state index in [9.17, 15) is 18.0 Å². The van der Waals surface area contributed by atoms with Gasteiger partial charge in [0.2, 0.25) is 0 Å². The molecule has 0 aliphatic carbocycles. The maximum Gasteiger partial charge on any atom is 0.416 e. The van der Waals surface area contributed by atoms with Crippen molar-refractivity contribution in [3.8, 4) is 5.69 Å². The number of hydrogen-bond acceptors (Lipinski definition) is 3. The van der Waals surface area contributed by atoms with Crippen molar-refractivity contribution in [2.75, 3.05) is 5.73 Å². The van der Waals surface area contributed by atoms with Gasteiger partial charge in [-0.1, -0.05) is 18.2 Å². The Labute approximate surface area is 165 Å². The number of hydrazone groups is 1. The molecule has 150 valence electrons. The van der Waals surface area contributed by atoms with Crippen molar-refractivity contribution in [1.29, 1.82) is 0 Å². The number of amides is 1. The summed E-state index contributed by atoms with van der Waals surface area (Å²) in [5.41, 5.74) is 10.6. The minimum atomic E-state index is -4.42. The number of rotatable bonds is 4. The molecule has 3 aromatic rings. The molecule has 1 amide bonds. The molecule has 0 bridgehead atoms. The highest BCUT2D eigenvalue weighted by atomic mass is 19.4. The molecular weight excluding hydrogens is 381 g/mol. The largest absolute Gasteiger partial charge is 0.416 e. The molecule has 3 N–H and O–H groups in total. The second-order valence-corrected chi connectivity index (χ2v) is 6.50. The average Bonchev–Trinajstić information content (AvgIpc) is 2.95. The number of hydrogen-bond donors (Lipinski definition) is 2. The van der Waals surface area contributed by atoms with Crippen molar-refractivity contribution in [3.63, 3.8) is 0 Å². The fraction of sp³-hybridized carbons (Fsp3) is 0.143. The molecule has 0 saturated carbocycles. The molecule has 0 fully saturated rings. The SMILES string of the molecule is Cc1cc(/C=N/NC(=O)c2ccccc2N)c(C)n1-c1cccc(C(F)(F)F)c1. The second-order valence-electron chi connectivity index (χ2n) is 6.50. The van der Waals surface area contributed by atoms with Crippen LogP contribution in [0.25, 0.3) is 5.69 Å². The third kappa shape index (κ3) is 4.31. The van der Waals surface area contributed by atoms with Crippen LogP contribution in [0.3, 0.4) is 0 Å². The van der Waals surface area contributed by atoms with Crippen LogP contribution in [0, 0.1) is 13.8 Å². The van der Waals surface area contributed by atoms with Gasteiger partial charge in [-0.25, -0.2) is 5.43 Å². The summed E-state index contributed by atoms with van der Waals surface area (Å²) in [6, 6.07) is 13.5. The Hall–Kier alpha value is -3.55. The molecule has 2 aromatic carbocycles. The molecule has 0 spiro atoms. The van der Waals surface area contributed by atoms with Crippen LogP contribution >= 0.6 is 0 Å². The van der Waals surface area contributed by atoms with E-state index in [0.29, 0.717) is 28.2 Å². The molecule has 0 atom stereocenters. The lowest BCUT2D eigenvalue weighted by Crippen LogP contribution is -2.19. The van der Waals surface area contributed by atoms with E-state index in [-0.39, 0.29) is 0 Å². The molecule has 0 radical (unpaired) electrons. The lowest BCUT2D eigenvalue weighted by atomic mass is 10.2. The lowest BCUT2D eigenvalue weighted by Gasteiger charge is -2.13. The standard InChI is InChI=1S/C21H19F3N4O/c1-13-10-15(12-26-27-20(29)18-8-3-4-9-19(18)25)14(2)28(13)17-7-5-6-16(11-17)21(22,23)24/h3-12H,25H2,1-2H3,(H,27,29)/b26-12+. The Kier molecular flexibility index (Phi) is 5.45. The molecule has 29 heavy (non-hydrogen) atoms. The van der Waals surface area contributed by atoms with Crippen LogP contribution in [0.5, 0.6) is 0 Å². The number of carbonyl (C=O) groups excluding carboxylic acids is 1. The summed E-state index contributed by atoms with van der Waals surface area (Å²) < 4.78 is 40.8. The van der Waals surface area contributed by atoms with E-state index in [2.05, 4.69) is 10.5 Å². The summed E-state index contributed by atoms with van der Waals surface area (Å²) >= 11 is 0. The molecular formula is C21H19F3N4O. The molecule has 1 heterocycles. The van der Waals surface area contributed by atoms with Crippen LogP contribution in [0.4, 0.5) is 18.9 Å². The summed E-state index contributed by atoms with van der Waals surface area (Å²) in [5.74, 6) is -0.453. The lowest BCUT2D eigenvalue weighted by molar-refractivity contribution is -0.137. The molecule has 0 aliphatic heterocycles. The van der Waals surface area contributed by atoms with Gasteiger partial charge in [-0.2, -0.15) is 18.3 Å². The monoisotopic (exact) mass is 400 g/mol. The number of nitrogens with one attached hydrogen (secondary N) is 1. The highest BCUT2D eigenvalue weighted by Gasteiger charge is 2.30. The molecule has 3 rings (SSSR count). The van der Waals surface area contributed by atoms with Crippen molar-refractivity contribution in [2.45, 2.75) is 20.0 Å². The Bertz CT molecular complexity index is 1080. The molecule has 8 heteroatoms. The Balaban J connectivity index is 1.84. The number of halogens is 3. The predicted molar refractivity (Wildman–Crippen MR) is 106 cm³/mol. The van der Waals surface area contributed by atoms with Crippen molar-refractivity contribution < 1.29 is 18.0 Å². The van der Waals surface area contributed by atoms with Gasteiger partial charge in [0.1, 0.15) is 0 Å². The van der Waals surface area contributed by atoms with Crippen molar-refractivity contribution in [2.24, 2.45) is 5.10 Å². The van der Waals surface area contributed by atoms with Crippen LogP contribution in [-0.4, -0.2) is 16.7 Å². The zero-order chi connectivity index (χ0) is 21.2. The number of carbonyl (C=O) groups is 1. The average molecular weight is 400 g/mol. The zero-order valence-electron chi connectivity index (χ0n) is 15.8. The van der Waals surface area contributed by atoms with E-state index in [0.717, 1.165) is 17.8 Å². The topological polar surface area (TPSA) is 72.4 Å². The minimum absolute atomic E-state index is 0.305. The van der Waals surface area contributed by atoms with Crippen LogP contribution in [-0.2, 0) is 6.18 Å². The van der Waals surface area contributed by atoms with Gasteiger partial charge in [0.25, 0.3) is 5.91 Å². The van der Waals surface area contributed by atoms with Crippen LogP contribution in [0.1, 0.15) is 32.9 Å². The number of para-hydroxylation sites is 1. The van der Waals surface area contributed by atoms with Crippen LogP contribution in [0.2, 0.25) is 0 Å². The summed E-state index contributed by atoms with van der Waals surface area (Å²) in [6.07, 6.45) is -2.97. The summed E-state index contributed by atoms with van der Waals surface area (Å²) in [4.78, 5) is 12.1. The number of benzene rings is 2. The van der Waals surface area contributed by atoms with Gasteiger partial charge >= 0.3 is 6.18 Å². The van der Waals surface area contributed by atoms with Gasteiger partial charge in [0.15, 0.2) is 0 Å². The van der Waals surface area contributed by atoms with Gasteiger partial charge in [-0.15, -0.1) is 0 Å². The summed E-state index contributed by atoms with van der Waals surface area (Å²) in [7, 11) is 0. The summed E-state index contributed by atoms with van der Waals surface area (Å²) in [6.45, 7) is 3.56. The van der Waals surface area contributed by atoms with Crippen LogP contribution in [0.15, 0.2) is 59.7 Å². The first kappa shape index (κ1) is 20.2. The first-order valence-corrected chi connectivity index (χ1v) is 8.73. The van der Waals surface area contributed by atoms with Crippen molar-refractivity contribution in [3.05, 3.63) is 82.7 Å². The van der Waals surface area contributed by atoms with Crippen molar-refractivity contribution >= 4 is 17.8 Å². The first-order valence-electron chi connectivity index (χ1n) is 8.73. The number of nitrogens with zero attached hydrogens (tertiary/aromatic N) is 2. The van der Waals surface area contributed by atoms with E-state index in [4.69, 9.17) is 5.73 Å². The maximum atomic E-state index is 13.0. The Morgan fingerprint density at radius 3 is 2.52 bits per heavy atom. The second kappa shape index (κ2) is 7.83. The van der Waals surface area contributed by atoms with Gasteiger partial charge < -0.3 is 10.3 Å². The zero-order valence-corrected chi connectivity index (χ0v) is 15.8. The van der Waals surface area contributed by atoms with E-state index >= 15 is 0 Å². The third-order valence-corrected chi connectivity index (χ3v) is 4.48. The Morgan fingerprint density at radius 2 is 1.83 bits per heavy atom. The van der Waals surface area contributed by atoms with E-state index in [1.807, 2.05) is 0 Å². The molecule has 1 aromatic heterocycles. The van der Waals surface area contributed by atoms with Gasteiger partial charge in [-0.3, -0.25) is 4.79 Å². The number of aryl methyl sites for hydroxylation is 1. The van der Waals surface area contributed by atoms with E-state index in [1.54, 1.807) is 54.8 Å². The van der Waals surface area contributed by atoms with E-state index in [1.165, 1.54) is 12.3 Å². The number of aromatic nitrogens is 1. The van der Waals surface area contributed by atoms with Gasteiger partial charge in [-0.05, 0) is 50.2 Å². The molecule has 0 saturated heterocycles. The fourth-order valence-electron chi connectivity index (χ4n) is 3.06. The highest BCUT2D eigenvalue weighted by molar-refractivity contribution is 5.99. The smallest absolute Gasteiger partial charge is 0.398 e. The maximum absolute atomic E-state index is 13.0. The van der Waals surface area contributed by atoms with Gasteiger partial charge in [0.05, 0.1) is 17.3 Å². The van der Waals surface area contributed by atoms with E-state index < -0.39 is 17.6 Å². The molecule has 5 nitrogen and oxygen atoms in total. The molecule has 0 unspecified atom stereocenters. The predicted octanol–water partition coefficient (Wildman–Crippen LogP) is 4.46. The quantitative estimate of drug-likeness (QED) is 0.386. The number of alkyl halides is 3.